The minimum Gasteiger partial charge on any atom is -0.397 e. The average molecular weight is 235 g/mol. The van der Waals surface area contributed by atoms with Gasteiger partial charge in [0.2, 0.25) is 0 Å². The van der Waals surface area contributed by atoms with Gasteiger partial charge < -0.3 is 5.73 Å². The second kappa shape index (κ2) is 4.62. The maximum absolute atomic E-state index is 5.79. The van der Waals surface area contributed by atoms with Crippen LogP contribution < -0.4 is 5.73 Å². The first kappa shape index (κ1) is 10.5. The Hall–Kier alpha value is -0.550. The third-order valence-electron chi connectivity index (χ3n) is 1.38. The van der Waals surface area contributed by atoms with Gasteiger partial charge in [0.1, 0.15) is 0 Å². The Bertz CT molecular complexity index is 376. The van der Waals surface area contributed by atoms with E-state index in [2.05, 4.69) is 11.8 Å². The third-order valence-corrected chi connectivity index (χ3v) is 2.05. The zero-order valence-corrected chi connectivity index (χ0v) is 8.84. The van der Waals surface area contributed by atoms with Crippen LogP contribution in [0.2, 0.25) is 10.0 Å². The van der Waals surface area contributed by atoms with Crippen LogP contribution in [0.4, 0.5) is 5.69 Å². The van der Waals surface area contributed by atoms with Crippen LogP contribution in [0.5, 0.6) is 0 Å². The second-order valence-corrected chi connectivity index (χ2v) is 3.40. The van der Waals surface area contributed by atoms with Crippen molar-refractivity contribution in [2.75, 3.05) is 11.6 Å². The number of nitrogens with two attached hydrogens (primary N) is 1. The molecule has 0 radical (unpaired) electrons. The second-order valence-electron chi connectivity index (χ2n) is 2.28. The number of hydrogen-bond acceptors (Lipinski definition) is 1. The molecule has 1 rings (SSSR count). The molecule has 0 aliphatic rings. The smallest absolute Gasteiger partial charge is 0.0839 e. The van der Waals surface area contributed by atoms with Crippen molar-refractivity contribution in [3.8, 4) is 11.8 Å². The first-order chi connectivity index (χ1) is 6.15. The van der Waals surface area contributed by atoms with Crippen LogP contribution in [0.25, 0.3) is 0 Å². The number of anilines is 1. The van der Waals surface area contributed by atoms with Crippen molar-refractivity contribution in [3.63, 3.8) is 0 Å². The van der Waals surface area contributed by atoms with Gasteiger partial charge in [-0.1, -0.05) is 35.0 Å². The molecule has 0 saturated heterocycles. The fourth-order valence-corrected chi connectivity index (χ4v) is 1.38. The molecule has 0 heterocycles. The minimum absolute atomic E-state index is 0.254. The van der Waals surface area contributed by atoms with E-state index in [1.165, 1.54) is 0 Å². The lowest BCUT2D eigenvalue weighted by Crippen LogP contribution is -1.91. The van der Waals surface area contributed by atoms with Crippen molar-refractivity contribution in [2.24, 2.45) is 0 Å². The maximum Gasteiger partial charge on any atom is 0.0839 e. The molecule has 1 aromatic rings. The summed E-state index contributed by atoms with van der Waals surface area (Å²) in [7, 11) is 0. The molecule has 0 saturated carbocycles. The lowest BCUT2D eigenvalue weighted by atomic mass is 10.2. The Labute approximate surface area is 91.8 Å². The number of halogens is 3. The average Bonchev–Trinajstić information content (AvgIpc) is 2.09. The Morgan fingerprint density at radius 3 is 2.62 bits per heavy atom. The van der Waals surface area contributed by atoms with E-state index >= 15 is 0 Å². The number of nitrogen functional groups attached to an aromatic ring is 1. The highest BCUT2D eigenvalue weighted by molar-refractivity contribution is 6.36. The van der Waals surface area contributed by atoms with Crippen LogP contribution in [0.3, 0.4) is 0 Å². The van der Waals surface area contributed by atoms with E-state index in [4.69, 9.17) is 40.5 Å². The van der Waals surface area contributed by atoms with E-state index in [1.54, 1.807) is 12.1 Å². The first-order valence-corrected chi connectivity index (χ1v) is 4.73. The SMILES string of the molecule is Nc1c(Cl)cc(Cl)cc1C#CCCl. The highest BCUT2D eigenvalue weighted by atomic mass is 35.5. The standard InChI is InChI=1S/C9H6Cl3N/c10-3-1-2-6-4-7(11)5-8(12)9(6)13/h4-5H,3,13H2. The van der Waals surface area contributed by atoms with E-state index in [0.717, 1.165) is 0 Å². The Morgan fingerprint density at radius 1 is 1.31 bits per heavy atom. The quantitative estimate of drug-likeness (QED) is 0.416. The molecule has 0 bridgehead atoms. The van der Waals surface area contributed by atoms with E-state index in [0.29, 0.717) is 21.3 Å². The Kier molecular flexibility index (Phi) is 3.74. The highest BCUT2D eigenvalue weighted by Gasteiger charge is 2.02. The van der Waals surface area contributed by atoms with Crippen LogP contribution in [0.15, 0.2) is 12.1 Å². The molecular formula is C9H6Cl3N. The molecule has 68 valence electrons. The summed E-state index contributed by atoms with van der Waals surface area (Å²) in [5.41, 5.74) is 6.70. The zero-order valence-electron chi connectivity index (χ0n) is 6.57. The zero-order chi connectivity index (χ0) is 9.84. The van der Waals surface area contributed by atoms with E-state index in [1.807, 2.05) is 0 Å². The van der Waals surface area contributed by atoms with Gasteiger partial charge in [-0.15, -0.1) is 11.6 Å². The van der Waals surface area contributed by atoms with Crippen LogP contribution in [0, 0.1) is 11.8 Å². The van der Waals surface area contributed by atoms with Crippen molar-refractivity contribution in [2.45, 2.75) is 0 Å². The fourth-order valence-electron chi connectivity index (χ4n) is 0.817. The van der Waals surface area contributed by atoms with Crippen molar-refractivity contribution in [1.29, 1.82) is 0 Å². The van der Waals surface area contributed by atoms with Gasteiger partial charge in [0, 0.05) is 5.02 Å². The Morgan fingerprint density at radius 2 is 2.00 bits per heavy atom. The molecule has 2 N–H and O–H groups in total. The molecule has 0 unspecified atom stereocenters. The predicted molar refractivity (Wildman–Crippen MR) is 58.5 cm³/mol. The lowest BCUT2D eigenvalue weighted by Gasteiger charge is -2.01. The van der Waals surface area contributed by atoms with Gasteiger partial charge in [-0.05, 0) is 12.1 Å². The summed E-state index contributed by atoms with van der Waals surface area (Å²) in [5, 5.41) is 0.921. The molecule has 4 heteroatoms. The van der Waals surface area contributed by atoms with Crippen molar-refractivity contribution >= 4 is 40.5 Å². The van der Waals surface area contributed by atoms with E-state index in [-0.39, 0.29) is 5.88 Å². The summed E-state index contributed by atoms with van der Waals surface area (Å²) in [4.78, 5) is 0. The predicted octanol–water partition coefficient (Wildman–Crippen LogP) is 3.17. The number of hydrogen-bond donors (Lipinski definition) is 1. The monoisotopic (exact) mass is 233 g/mol. The van der Waals surface area contributed by atoms with Crippen LogP contribution in [0.1, 0.15) is 5.56 Å². The first-order valence-electron chi connectivity index (χ1n) is 3.44. The summed E-state index contributed by atoms with van der Waals surface area (Å²) >= 11 is 17.0. The summed E-state index contributed by atoms with van der Waals surface area (Å²) in [6, 6.07) is 3.23. The van der Waals surface area contributed by atoms with E-state index in [9.17, 15) is 0 Å². The van der Waals surface area contributed by atoms with Gasteiger partial charge in [0.05, 0.1) is 22.2 Å². The van der Waals surface area contributed by atoms with Gasteiger partial charge in [0.25, 0.3) is 0 Å². The summed E-state index contributed by atoms with van der Waals surface area (Å²) < 4.78 is 0. The molecule has 0 aliphatic carbocycles. The highest BCUT2D eigenvalue weighted by Crippen LogP contribution is 2.26. The molecule has 0 aliphatic heterocycles. The molecule has 1 aromatic carbocycles. The lowest BCUT2D eigenvalue weighted by molar-refractivity contribution is 1.62. The fraction of sp³-hybridized carbons (Fsp3) is 0.111. The van der Waals surface area contributed by atoms with Crippen molar-refractivity contribution < 1.29 is 0 Å². The molecular weight excluding hydrogens is 228 g/mol. The van der Waals surface area contributed by atoms with Crippen molar-refractivity contribution in [3.05, 3.63) is 27.7 Å². The van der Waals surface area contributed by atoms with Gasteiger partial charge in [0.15, 0.2) is 0 Å². The van der Waals surface area contributed by atoms with Crippen molar-refractivity contribution in [1.82, 2.24) is 0 Å². The van der Waals surface area contributed by atoms with E-state index < -0.39 is 0 Å². The molecule has 0 aromatic heterocycles. The molecule has 0 fully saturated rings. The molecule has 0 amide bonds. The third kappa shape index (κ3) is 2.70. The molecule has 1 nitrogen and oxygen atoms in total. The van der Waals surface area contributed by atoms with Crippen LogP contribution in [-0.2, 0) is 0 Å². The Balaban J connectivity index is 3.20. The number of benzene rings is 1. The summed E-state index contributed by atoms with van der Waals surface area (Å²) in [6.45, 7) is 0. The topological polar surface area (TPSA) is 26.0 Å². The number of alkyl halides is 1. The summed E-state index contributed by atoms with van der Waals surface area (Å²) in [6.07, 6.45) is 0. The largest absolute Gasteiger partial charge is 0.397 e. The maximum atomic E-state index is 5.79. The van der Waals surface area contributed by atoms with Gasteiger partial charge in [-0.2, -0.15) is 0 Å². The van der Waals surface area contributed by atoms with Gasteiger partial charge >= 0.3 is 0 Å². The summed E-state index contributed by atoms with van der Waals surface area (Å²) in [5.74, 6) is 5.70. The van der Waals surface area contributed by atoms with Gasteiger partial charge in [-0.25, -0.2) is 0 Å². The minimum atomic E-state index is 0.254. The van der Waals surface area contributed by atoms with Crippen LogP contribution >= 0.6 is 34.8 Å². The normalized spacial score (nSPS) is 9.15. The van der Waals surface area contributed by atoms with Gasteiger partial charge in [-0.3, -0.25) is 0 Å². The van der Waals surface area contributed by atoms with Crippen LogP contribution in [-0.4, -0.2) is 5.88 Å². The number of rotatable bonds is 0. The molecule has 0 spiro atoms. The molecule has 13 heavy (non-hydrogen) atoms. The molecule has 0 atom stereocenters.